The van der Waals surface area contributed by atoms with Crippen LogP contribution in [-0.2, 0) is 24.2 Å². The summed E-state index contributed by atoms with van der Waals surface area (Å²) in [6.45, 7) is -0.448. The number of amides is 2. The van der Waals surface area contributed by atoms with Gasteiger partial charge in [-0.3, -0.25) is 9.59 Å². The minimum atomic E-state index is -4.03. The van der Waals surface area contributed by atoms with Crippen LogP contribution in [0.5, 0.6) is 5.88 Å². The Morgan fingerprint density at radius 3 is 2.72 bits per heavy atom. The number of rotatable bonds is 11. The van der Waals surface area contributed by atoms with Gasteiger partial charge in [-0.15, -0.1) is 11.3 Å². The van der Waals surface area contributed by atoms with Crippen LogP contribution < -0.4 is 15.4 Å². The summed E-state index contributed by atoms with van der Waals surface area (Å²) < 4.78 is 51.3. The molecule has 10 nitrogen and oxygen atoms in total. The number of methoxy groups -OCH3 is 2. The predicted molar refractivity (Wildman–Crippen MR) is 132 cm³/mol. The van der Waals surface area contributed by atoms with Gasteiger partial charge < -0.3 is 20.1 Å². The van der Waals surface area contributed by atoms with Gasteiger partial charge in [0.1, 0.15) is 5.01 Å². The van der Waals surface area contributed by atoms with Gasteiger partial charge in [0.2, 0.25) is 11.8 Å². The Kier molecular flexibility index (Phi) is 7.81. The van der Waals surface area contributed by atoms with Crippen LogP contribution in [0.3, 0.4) is 0 Å². The lowest BCUT2D eigenvalue weighted by atomic mass is 10.1. The van der Waals surface area contributed by atoms with Crippen LogP contribution in [-0.4, -0.2) is 69.4 Å². The highest BCUT2D eigenvalue weighted by Gasteiger charge is 2.37. The molecule has 0 spiro atoms. The minimum Gasteiger partial charge on any atom is -0.479 e. The number of carbonyl (C=O) groups excluding carboxylic acids is 2. The standard InChI is InChI=1S/C23H25FN4O6S2/c1-33-9-10-36(31,32)20(21(30)26-12-18(29)27-14-4-5-14)23-28-16-6-3-13(11-17(16)35-23)15-7-8-25-22(34-2)19(15)24/h3,6-8,11,14,20H,4-5,9-10,12H2,1-2H3,(H,26,30)(H,27,29). The Labute approximate surface area is 211 Å². The van der Waals surface area contributed by atoms with Gasteiger partial charge in [0.25, 0.3) is 5.88 Å². The van der Waals surface area contributed by atoms with Crippen LogP contribution in [0.25, 0.3) is 21.3 Å². The zero-order valence-corrected chi connectivity index (χ0v) is 21.2. The Bertz CT molecular complexity index is 1390. The van der Waals surface area contributed by atoms with E-state index < -0.39 is 32.6 Å². The van der Waals surface area contributed by atoms with E-state index in [1.165, 1.54) is 26.5 Å². The molecule has 2 heterocycles. The highest BCUT2D eigenvalue weighted by molar-refractivity contribution is 7.92. The number of aromatic nitrogens is 2. The Morgan fingerprint density at radius 2 is 2.03 bits per heavy atom. The molecule has 1 aliphatic carbocycles. The van der Waals surface area contributed by atoms with Gasteiger partial charge >= 0.3 is 0 Å². The molecule has 3 aromatic rings. The minimum absolute atomic E-state index is 0.0473. The third kappa shape index (κ3) is 5.79. The van der Waals surface area contributed by atoms with Gasteiger partial charge in [-0.1, -0.05) is 6.07 Å². The van der Waals surface area contributed by atoms with Crippen molar-refractivity contribution in [1.82, 2.24) is 20.6 Å². The fourth-order valence-electron chi connectivity index (χ4n) is 3.52. The van der Waals surface area contributed by atoms with E-state index in [2.05, 4.69) is 20.6 Å². The quantitative estimate of drug-likeness (QED) is 0.380. The van der Waals surface area contributed by atoms with Crippen molar-refractivity contribution in [1.29, 1.82) is 0 Å². The molecule has 2 aromatic heterocycles. The highest BCUT2D eigenvalue weighted by atomic mass is 32.2. The van der Waals surface area contributed by atoms with E-state index in [0.29, 0.717) is 15.8 Å². The lowest BCUT2D eigenvalue weighted by molar-refractivity contribution is -0.126. The fraction of sp³-hybridized carbons (Fsp3) is 0.391. The van der Waals surface area contributed by atoms with Gasteiger partial charge in [-0.25, -0.2) is 22.8 Å². The summed E-state index contributed by atoms with van der Waals surface area (Å²) >= 11 is 1.01. The highest BCUT2D eigenvalue weighted by Crippen LogP contribution is 2.35. The monoisotopic (exact) mass is 536 g/mol. The number of carbonyl (C=O) groups is 2. The predicted octanol–water partition coefficient (Wildman–Crippen LogP) is 2.00. The molecule has 2 N–H and O–H groups in total. The first-order chi connectivity index (χ1) is 17.2. The average molecular weight is 537 g/mol. The average Bonchev–Trinajstić information content (AvgIpc) is 3.57. The number of hydrogen-bond acceptors (Lipinski definition) is 9. The number of ether oxygens (including phenoxy) is 2. The molecular formula is C23H25FN4O6S2. The molecule has 0 saturated heterocycles. The van der Waals surface area contributed by atoms with Gasteiger partial charge in [-0.2, -0.15) is 0 Å². The molecule has 0 aliphatic heterocycles. The maximum absolute atomic E-state index is 14.7. The Balaban J connectivity index is 1.65. The summed E-state index contributed by atoms with van der Waals surface area (Å²) in [5.41, 5.74) is 1.21. The van der Waals surface area contributed by atoms with Crippen LogP contribution in [0.4, 0.5) is 4.39 Å². The van der Waals surface area contributed by atoms with Crippen LogP contribution in [0, 0.1) is 5.82 Å². The smallest absolute Gasteiger partial charge is 0.250 e. The zero-order valence-electron chi connectivity index (χ0n) is 19.6. The molecule has 36 heavy (non-hydrogen) atoms. The molecule has 0 bridgehead atoms. The van der Waals surface area contributed by atoms with Crippen LogP contribution in [0.1, 0.15) is 23.1 Å². The maximum Gasteiger partial charge on any atom is 0.250 e. The molecule has 13 heteroatoms. The summed E-state index contributed by atoms with van der Waals surface area (Å²) in [6, 6.07) is 6.53. The molecule has 1 fully saturated rings. The van der Waals surface area contributed by atoms with Crippen molar-refractivity contribution in [3.63, 3.8) is 0 Å². The molecule has 4 rings (SSSR count). The first-order valence-electron chi connectivity index (χ1n) is 11.1. The second-order valence-electron chi connectivity index (χ2n) is 8.22. The molecule has 1 saturated carbocycles. The molecule has 1 aliphatic rings. The van der Waals surface area contributed by atoms with Crippen molar-refractivity contribution in [2.75, 3.05) is 33.1 Å². The number of sulfone groups is 1. The summed E-state index contributed by atoms with van der Waals surface area (Å²) in [6.07, 6.45) is 3.19. The van der Waals surface area contributed by atoms with E-state index in [0.717, 1.165) is 24.2 Å². The topological polar surface area (TPSA) is 137 Å². The van der Waals surface area contributed by atoms with Crippen LogP contribution in [0.2, 0.25) is 0 Å². The lowest BCUT2D eigenvalue weighted by Crippen LogP contribution is -2.41. The molecule has 0 radical (unpaired) electrons. The number of nitrogens with zero attached hydrogens (tertiary/aromatic N) is 2. The first-order valence-corrected chi connectivity index (χ1v) is 13.6. The van der Waals surface area contributed by atoms with Crippen LogP contribution >= 0.6 is 11.3 Å². The number of fused-ring (bicyclic) bond motifs is 1. The summed E-state index contributed by atoms with van der Waals surface area (Å²) in [5.74, 6) is -2.42. The molecule has 1 atom stereocenters. The zero-order chi connectivity index (χ0) is 25.9. The second kappa shape index (κ2) is 10.8. The Morgan fingerprint density at radius 1 is 1.25 bits per heavy atom. The van der Waals surface area contributed by atoms with Crippen molar-refractivity contribution >= 4 is 43.2 Å². The second-order valence-corrected chi connectivity index (χ2v) is 11.5. The third-order valence-corrected chi connectivity index (χ3v) is 8.65. The molecule has 2 amide bonds. The fourth-order valence-corrected chi connectivity index (χ4v) is 6.50. The largest absolute Gasteiger partial charge is 0.479 e. The SMILES string of the molecule is COCCS(=O)(=O)C(C(=O)NCC(=O)NC1CC1)c1nc2ccc(-c3ccnc(OC)c3F)cc2s1. The van der Waals surface area contributed by atoms with Gasteiger partial charge in [0.05, 0.1) is 36.2 Å². The maximum atomic E-state index is 14.7. The van der Waals surface area contributed by atoms with E-state index in [4.69, 9.17) is 9.47 Å². The molecule has 1 aromatic carbocycles. The van der Waals surface area contributed by atoms with E-state index in [1.807, 2.05) is 0 Å². The van der Waals surface area contributed by atoms with Gasteiger partial charge in [0.15, 0.2) is 20.9 Å². The number of nitrogens with one attached hydrogen (secondary N) is 2. The van der Waals surface area contributed by atoms with Crippen LogP contribution in [0.15, 0.2) is 30.5 Å². The summed E-state index contributed by atoms with van der Waals surface area (Å²) in [5, 5.41) is 3.58. The summed E-state index contributed by atoms with van der Waals surface area (Å²) in [7, 11) is -1.35. The molecular weight excluding hydrogens is 511 g/mol. The van der Waals surface area contributed by atoms with Crippen molar-refractivity contribution in [3.8, 4) is 17.0 Å². The van der Waals surface area contributed by atoms with Crippen molar-refractivity contribution in [3.05, 3.63) is 41.3 Å². The van der Waals surface area contributed by atoms with E-state index >= 15 is 0 Å². The van der Waals surface area contributed by atoms with E-state index in [-0.39, 0.29) is 41.6 Å². The Hall–Kier alpha value is -3.16. The van der Waals surface area contributed by atoms with Crippen molar-refractivity contribution < 1.29 is 31.9 Å². The molecule has 192 valence electrons. The van der Waals surface area contributed by atoms with Crippen molar-refractivity contribution in [2.24, 2.45) is 0 Å². The van der Waals surface area contributed by atoms with Crippen molar-refractivity contribution in [2.45, 2.75) is 24.1 Å². The van der Waals surface area contributed by atoms with Gasteiger partial charge in [-0.05, 0) is 36.6 Å². The number of halogens is 1. The normalized spacial score (nSPS) is 14.4. The number of thiazole rings is 1. The van der Waals surface area contributed by atoms with Gasteiger partial charge in [0, 0.05) is 24.9 Å². The number of hydrogen-bond donors (Lipinski definition) is 2. The lowest BCUT2D eigenvalue weighted by Gasteiger charge is -2.15. The molecule has 1 unspecified atom stereocenters. The van der Waals surface area contributed by atoms with E-state index in [9.17, 15) is 22.4 Å². The third-order valence-electron chi connectivity index (χ3n) is 5.53. The van der Waals surface area contributed by atoms with E-state index in [1.54, 1.807) is 18.2 Å². The first kappa shape index (κ1) is 25.9. The number of benzene rings is 1. The summed E-state index contributed by atoms with van der Waals surface area (Å²) in [4.78, 5) is 33.3. The number of pyridine rings is 1.